The molecule has 2 bridgehead atoms. The van der Waals surface area contributed by atoms with Gasteiger partial charge in [0.2, 0.25) is 5.78 Å². The molecule has 10 heteroatoms. The van der Waals surface area contributed by atoms with Gasteiger partial charge in [0.1, 0.15) is 17.3 Å². The zero-order chi connectivity index (χ0) is 24.9. The fraction of sp³-hybridized carbons (Fsp3) is 0.407. The lowest BCUT2D eigenvalue weighted by Crippen LogP contribution is -2.44. The summed E-state index contributed by atoms with van der Waals surface area (Å²) in [6.07, 6.45) is 15.2. The van der Waals surface area contributed by atoms with E-state index in [4.69, 9.17) is 15.5 Å². The van der Waals surface area contributed by atoms with Crippen molar-refractivity contribution < 1.29 is 9.53 Å². The van der Waals surface area contributed by atoms with Crippen LogP contribution in [0.5, 0.6) is 5.75 Å². The molecular formula is C27H26N8O2. The van der Waals surface area contributed by atoms with Crippen molar-refractivity contribution in [3.8, 4) is 16.9 Å². The predicted molar refractivity (Wildman–Crippen MR) is 133 cm³/mol. The summed E-state index contributed by atoms with van der Waals surface area (Å²) < 4.78 is 8.34. The minimum absolute atomic E-state index is 0.0762. The van der Waals surface area contributed by atoms with Gasteiger partial charge in [-0.05, 0) is 44.6 Å². The molecule has 2 atom stereocenters. The van der Waals surface area contributed by atoms with Crippen LogP contribution in [-0.4, -0.2) is 53.3 Å². The average Bonchev–Trinajstić information content (AvgIpc) is 3.55. The van der Waals surface area contributed by atoms with Gasteiger partial charge in [0.15, 0.2) is 0 Å². The van der Waals surface area contributed by atoms with Crippen LogP contribution < -0.4 is 10.5 Å². The summed E-state index contributed by atoms with van der Waals surface area (Å²) in [6, 6.07) is 1.74. The molecule has 3 aliphatic carbocycles. The number of hydrogen-bond donors (Lipinski definition) is 1. The normalized spacial score (nSPS) is 23.4. The number of nitrogens with zero attached hydrogens (tertiary/aromatic N) is 7. The van der Waals surface area contributed by atoms with E-state index in [-0.39, 0.29) is 24.0 Å². The van der Waals surface area contributed by atoms with Crippen LogP contribution in [0.4, 0.5) is 0 Å². The number of nitrogens with two attached hydrogens (primary N) is 1. The monoisotopic (exact) mass is 494 g/mol. The number of amides is 1. The maximum absolute atomic E-state index is 13.4. The average molecular weight is 495 g/mol. The van der Waals surface area contributed by atoms with Gasteiger partial charge in [-0.2, -0.15) is 0 Å². The number of rotatable bonds is 4. The fourth-order valence-corrected chi connectivity index (χ4v) is 6.01. The van der Waals surface area contributed by atoms with Crippen molar-refractivity contribution in [3.05, 3.63) is 65.5 Å². The molecule has 4 aromatic heterocycles. The van der Waals surface area contributed by atoms with Crippen molar-refractivity contribution in [1.82, 2.24) is 34.2 Å². The van der Waals surface area contributed by atoms with Crippen LogP contribution >= 0.6 is 0 Å². The number of hydrogen-bond acceptors (Lipinski definition) is 8. The van der Waals surface area contributed by atoms with Gasteiger partial charge in [-0.15, -0.1) is 0 Å². The molecule has 0 spiro atoms. The van der Waals surface area contributed by atoms with Crippen LogP contribution in [0.1, 0.15) is 83.7 Å². The highest BCUT2D eigenvalue weighted by Gasteiger charge is 2.47. The van der Waals surface area contributed by atoms with E-state index in [0.29, 0.717) is 17.3 Å². The minimum atomic E-state index is -0.396. The molecule has 1 aliphatic heterocycles. The summed E-state index contributed by atoms with van der Waals surface area (Å²) in [5.74, 6) is 1.89. The third-order valence-electron chi connectivity index (χ3n) is 8.43. The van der Waals surface area contributed by atoms with Gasteiger partial charge in [0.25, 0.3) is 5.91 Å². The van der Waals surface area contributed by atoms with Crippen molar-refractivity contribution >= 4 is 11.7 Å². The van der Waals surface area contributed by atoms with E-state index in [1.54, 1.807) is 17.3 Å². The molecule has 0 saturated heterocycles. The first kappa shape index (κ1) is 21.2. The molecule has 4 aliphatic rings. The van der Waals surface area contributed by atoms with Gasteiger partial charge < -0.3 is 15.4 Å². The second kappa shape index (κ2) is 7.32. The largest absolute Gasteiger partial charge is 0.490 e. The van der Waals surface area contributed by atoms with Crippen LogP contribution in [-0.2, 0) is 5.54 Å². The molecule has 8 rings (SSSR count). The maximum Gasteiger partial charge on any atom is 0.273 e. The van der Waals surface area contributed by atoms with E-state index in [9.17, 15) is 4.79 Å². The molecule has 5 heterocycles. The molecule has 10 nitrogen and oxygen atoms in total. The van der Waals surface area contributed by atoms with Crippen molar-refractivity contribution in [1.29, 1.82) is 0 Å². The summed E-state index contributed by atoms with van der Waals surface area (Å²) >= 11 is 0. The van der Waals surface area contributed by atoms with E-state index in [0.717, 1.165) is 72.4 Å². The highest BCUT2D eigenvalue weighted by atomic mass is 16.5. The van der Waals surface area contributed by atoms with Crippen LogP contribution in [0.3, 0.4) is 0 Å². The Bertz CT molecular complexity index is 1590. The number of fused-ring (bicyclic) bond motifs is 9. The summed E-state index contributed by atoms with van der Waals surface area (Å²) in [7, 11) is 1.83. The van der Waals surface area contributed by atoms with Gasteiger partial charge in [-0.1, -0.05) is 0 Å². The predicted octanol–water partition coefficient (Wildman–Crippen LogP) is 3.12. The minimum Gasteiger partial charge on any atom is -0.490 e. The van der Waals surface area contributed by atoms with Gasteiger partial charge in [0.05, 0.1) is 29.1 Å². The first-order valence-corrected chi connectivity index (χ1v) is 12.9. The lowest BCUT2D eigenvalue weighted by Gasteiger charge is -2.36. The molecule has 186 valence electrons. The maximum atomic E-state index is 13.4. The van der Waals surface area contributed by atoms with Crippen LogP contribution in [0.2, 0.25) is 0 Å². The molecule has 4 aromatic rings. The van der Waals surface area contributed by atoms with Crippen molar-refractivity contribution in [2.45, 2.75) is 62.1 Å². The third kappa shape index (κ3) is 3.02. The molecule has 0 aromatic carbocycles. The topological polar surface area (TPSA) is 124 Å². The molecular weight excluding hydrogens is 468 g/mol. The van der Waals surface area contributed by atoms with Gasteiger partial charge in [-0.3, -0.25) is 14.2 Å². The Morgan fingerprint density at radius 1 is 1.08 bits per heavy atom. The van der Waals surface area contributed by atoms with E-state index in [1.165, 1.54) is 0 Å². The standard InChI is InChI=1S/C27H26N8O2/c1-34-18-9-17(20-19(37-16-3-4-16)5-8-29-22(20)24(34)36)23-21(18)33-26-32-12-15(13-35(23)26)14-10-30-25(31-11-14)27(28)6-2-7-27/h5,8,10-13,16-18H,2-4,6-7,9,28H2,1H3. The molecule has 1 amide bonds. The quantitative estimate of drug-likeness (QED) is 0.459. The number of pyridine rings is 1. The molecule has 2 fully saturated rings. The van der Waals surface area contributed by atoms with E-state index in [2.05, 4.69) is 24.3 Å². The lowest BCUT2D eigenvalue weighted by atomic mass is 9.77. The van der Waals surface area contributed by atoms with Crippen LogP contribution in [0, 0.1) is 0 Å². The van der Waals surface area contributed by atoms with E-state index < -0.39 is 5.54 Å². The van der Waals surface area contributed by atoms with Gasteiger partial charge in [-0.25, -0.2) is 19.9 Å². The lowest BCUT2D eigenvalue weighted by molar-refractivity contribution is 0.0729. The molecule has 37 heavy (non-hydrogen) atoms. The Labute approximate surface area is 212 Å². The number of carbonyl (C=O) groups excluding carboxylic acids is 1. The Hall–Kier alpha value is -3.92. The molecule has 2 saturated carbocycles. The van der Waals surface area contributed by atoms with Gasteiger partial charge in [0, 0.05) is 60.6 Å². The van der Waals surface area contributed by atoms with Crippen LogP contribution in [0.15, 0.2) is 37.1 Å². The number of imidazole rings is 1. The summed E-state index contributed by atoms with van der Waals surface area (Å²) in [5, 5.41) is 0. The molecule has 2 N–H and O–H groups in total. The molecule has 0 radical (unpaired) electrons. The fourth-order valence-electron chi connectivity index (χ4n) is 6.01. The Morgan fingerprint density at radius 3 is 2.59 bits per heavy atom. The van der Waals surface area contributed by atoms with Crippen molar-refractivity contribution in [3.63, 3.8) is 0 Å². The van der Waals surface area contributed by atoms with E-state index in [1.807, 2.05) is 31.7 Å². The van der Waals surface area contributed by atoms with Crippen molar-refractivity contribution in [2.75, 3.05) is 7.05 Å². The first-order chi connectivity index (χ1) is 18.0. The van der Waals surface area contributed by atoms with E-state index >= 15 is 0 Å². The number of carbonyl (C=O) groups is 1. The Balaban J connectivity index is 1.26. The zero-order valence-corrected chi connectivity index (χ0v) is 20.5. The van der Waals surface area contributed by atoms with Gasteiger partial charge >= 0.3 is 0 Å². The number of ether oxygens (including phenoxy) is 1. The van der Waals surface area contributed by atoms with Crippen LogP contribution in [0.25, 0.3) is 16.9 Å². The second-order valence-corrected chi connectivity index (χ2v) is 10.8. The smallest absolute Gasteiger partial charge is 0.273 e. The highest BCUT2D eigenvalue weighted by Crippen LogP contribution is 2.52. The summed E-state index contributed by atoms with van der Waals surface area (Å²) in [6.45, 7) is 0. The Kier molecular flexibility index (Phi) is 4.19. The summed E-state index contributed by atoms with van der Waals surface area (Å²) in [5.41, 5.74) is 11.0. The molecule has 2 unspecified atom stereocenters. The SMILES string of the molecule is CN1C(=O)c2nccc(OC3CC3)c2C2CC1c1nc3ncc(-c4cnc(C5(N)CCC5)nc4)cn3c12. The van der Waals surface area contributed by atoms with Crippen molar-refractivity contribution in [2.24, 2.45) is 5.73 Å². The summed E-state index contributed by atoms with van der Waals surface area (Å²) in [4.78, 5) is 38.4. The Morgan fingerprint density at radius 2 is 1.86 bits per heavy atom. The third-order valence-corrected chi connectivity index (χ3v) is 8.43. The number of aromatic nitrogens is 6. The second-order valence-electron chi connectivity index (χ2n) is 10.8. The zero-order valence-electron chi connectivity index (χ0n) is 20.5. The highest BCUT2D eigenvalue weighted by molar-refractivity contribution is 5.96. The first-order valence-electron chi connectivity index (χ1n) is 12.9.